The smallest absolute Gasteiger partial charge is 0.338 e. The molecule has 0 aliphatic carbocycles. The van der Waals surface area contributed by atoms with Crippen LogP contribution in [0.5, 0.6) is 0 Å². The summed E-state index contributed by atoms with van der Waals surface area (Å²) in [7, 11) is 0. The van der Waals surface area contributed by atoms with Crippen LogP contribution >= 0.6 is 0 Å². The van der Waals surface area contributed by atoms with Crippen molar-refractivity contribution in [2.24, 2.45) is 23.1 Å². The van der Waals surface area contributed by atoms with E-state index in [1.165, 1.54) is 6.92 Å². The Morgan fingerprint density at radius 2 is 1.40 bits per heavy atom. The van der Waals surface area contributed by atoms with Gasteiger partial charge >= 0.3 is 11.9 Å². The highest BCUT2D eigenvalue weighted by atomic mass is 16.4. The lowest BCUT2D eigenvalue weighted by Crippen LogP contribution is -2.60. The minimum atomic E-state index is -1.58. The van der Waals surface area contributed by atoms with E-state index in [-0.39, 0.29) is 5.92 Å². The van der Waals surface area contributed by atoms with Gasteiger partial charge in [0.1, 0.15) is 6.04 Å². The van der Waals surface area contributed by atoms with Crippen LogP contribution in [0.3, 0.4) is 0 Å². The quantitative estimate of drug-likeness (QED) is 0.373. The SMILES string of the molecule is CC(C)C(N)(N)C(=O)O.CC(N)C(=O)O. The monoisotopic (exact) mass is 221 g/mol. The first-order valence-corrected chi connectivity index (χ1v) is 4.33. The van der Waals surface area contributed by atoms with Crippen molar-refractivity contribution in [3.8, 4) is 0 Å². The first kappa shape index (κ1) is 16.3. The van der Waals surface area contributed by atoms with Gasteiger partial charge in [0.2, 0.25) is 0 Å². The van der Waals surface area contributed by atoms with Gasteiger partial charge in [-0.25, -0.2) is 4.79 Å². The maximum absolute atomic E-state index is 10.2. The first-order chi connectivity index (χ1) is 6.53. The van der Waals surface area contributed by atoms with E-state index in [2.05, 4.69) is 0 Å². The molecule has 0 radical (unpaired) electrons. The Labute approximate surface area is 88.2 Å². The Kier molecular flexibility index (Phi) is 6.86. The summed E-state index contributed by atoms with van der Waals surface area (Å²) in [4.78, 5) is 19.8. The van der Waals surface area contributed by atoms with Gasteiger partial charge in [0.05, 0.1) is 0 Å². The Morgan fingerprint density at radius 1 is 1.13 bits per heavy atom. The Balaban J connectivity index is 0. The number of carboxylic acid groups (broad SMARTS) is 2. The topological polar surface area (TPSA) is 153 Å². The molecule has 0 saturated carbocycles. The van der Waals surface area contributed by atoms with Crippen LogP contribution in [0.2, 0.25) is 0 Å². The van der Waals surface area contributed by atoms with E-state index < -0.39 is 23.6 Å². The third-order valence-electron chi connectivity index (χ3n) is 1.72. The molecule has 0 aromatic rings. The summed E-state index contributed by atoms with van der Waals surface area (Å²) in [5, 5.41) is 16.2. The lowest BCUT2D eigenvalue weighted by Gasteiger charge is -2.22. The second-order valence-corrected chi connectivity index (χ2v) is 3.52. The van der Waals surface area contributed by atoms with Crippen molar-refractivity contribution >= 4 is 11.9 Å². The average Bonchev–Trinajstić information content (AvgIpc) is 2.04. The van der Waals surface area contributed by atoms with E-state index in [1.54, 1.807) is 13.8 Å². The van der Waals surface area contributed by atoms with Gasteiger partial charge in [0.25, 0.3) is 0 Å². The van der Waals surface area contributed by atoms with Crippen LogP contribution in [-0.2, 0) is 9.59 Å². The molecule has 1 unspecified atom stereocenters. The van der Waals surface area contributed by atoms with E-state index in [4.69, 9.17) is 27.4 Å². The number of aliphatic carboxylic acids is 2. The second-order valence-electron chi connectivity index (χ2n) is 3.52. The van der Waals surface area contributed by atoms with Crippen LogP contribution in [0, 0.1) is 5.92 Å². The molecule has 0 saturated heterocycles. The van der Waals surface area contributed by atoms with Gasteiger partial charge in [-0.3, -0.25) is 4.79 Å². The zero-order valence-electron chi connectivity index (χ0n) is 9.10. The van der Waals surface area contributed by atoms with Gasteiger partial charge in [0.15, 0.2) is 5.66 Å². The summed E-state index contributed by atoms with van der Waals surface area (Å²) >= 11 is 0. The molecule has 0 aromatic heterocycles. The summed E-state index contributed by atoms with van der Waals surface area (Å²) in [5.74, 6) is -2.39. The van der Waals surface area contributed by atoms with Crippen molar-refractivity contribution in [2.75, 3.05) is 0 Å². The van der Waals surface area contributed by atoms with E-state index >= 15 is 0 Å². The van der Waals surface area contributed by atoms with Crippen LogP contribution in [0.25, 0.3) is 0 Å². The third-order valence-corrected chi connectivity index (χ3v) is 1.72. The zero-order chi connectivity index (χ0) is 12.8. The number of rotatable bonds is 3. The molecule has 1 atom stereocenters. The van der Waals surface area contributed by atoms with Crippen molar-refractivity contribution < 1.29 is 19.8 Å². The molecule has 0 amide bonds. The lowest BCUT2D eigenvalue weighted by atomic mass is 9.99. The fraction of sp³-hybridized carbons (Fsp3) is 0.750. The number of carboxylic acids is 2. The molecule has 8 N–H and O–H groups in total. The maximum Gasteiger partial charge on any atom is 0.338 e. The molecular formula is C8H19N3O4. The van der Waals surface area contributed by atoms with Gasteiger partial charge in [0, 0.05) is 0 Å². The van der Waals surface area contributed by atoms with Gasteiger partial charge < -0.3 is 27.4 Å². The molecule has 7 nitrogen and oxygen atoms in total. The van der Waals surface area contributed by atoms with E-state index in [0.717, 1.165) is 0 Å². The fourth-order valence-electron chi connectivity index (χ4n) is 0.247. The van der Waals surface area contributed by atoms with E-state index in [1.807, 2.05) is 0 Å². The number of carbonyl (C=O) groups is 2. The summed E-state index contributed by atoms with van der Waals surface area (Å²) in [6, 6.07) is -0.731. The molecular weight excluding hydrogens is 202 g/mol. The van der Waals surface area contributed by atoms with Crippen molar-refractivity contribution in [3.63, 3.8) is 0 Å². The third kappa shape index (κ3) is 6.83. The fourth-order valence-corrected chi connectivity index (χ4v) is 0.247. The van der Waals surface area contributed by atoms with Gasteiger partial charge in [-0.05, 0) is 12.8 Å². The molecule has 0 fully saturated rings. The number of nitrogens with two attached hydrogens (primary N) is 3. The predicted molar refractivity (Wildman–Crippen MR) is 54.9 cm³/mol. The van der Waals surface area contributed by atoms with Crippen molar-refractivity contribution in [3.05, 3.63) is 0 Å². The molecule has 0 rings (SSSR count). The number of hydrogen-bond donors (Lipinski definition) is 5. The molecule has 0 aliphatic heterocycles. The molecule has 0 bridgehead atoms. The highest BCUT2D eigenvalue weighted by molar-refractivity contribution is 5.77. The Bertz CT molecular complexity index is 226. The number of hydrogen-bond acceptors (Lipinski definition) is 5. The summed E-state index contributed by atoms with van der Waals surface area (Å²) in [6.45, 7) is 4.74. The highest BCUT2D eigenvalue weighted by Gasteiger charge is 2.32. The highest BCUT2D eigenvalue weighted by Crippen LogP contribution is 2.05. The summed E-state index contributed by atoms with van der Waals surface area (Å²) < 4.78 is 0. The van der Waals surface area contributed by atoms with Crippen LogP contribution in [0.15, 0.2) is 0 Å². The van der Waals surface area contributed by atoms with Crippen LogP contribution < -0.4 is 17.2 Å². The Hall–Kier alpha value is -1.18. The lowest BCUT2D eigenvalue weighted by molar-refractivity contribution is -0.145. The van der Waals surface area contributed by atoms with Gasteiger partial charge in [-0.15, -0.1) is 0 Å². The van der Waals surface area contributed by atoms with Gasteiger partial charge in [-0.1, -0.05) is 13.8 Å². The molecule has 7 heteroatoms. The predicted octanol–water partition coefficient (Wildman–Crippen LogP) is -1.24. The van der Waals surface area contributed by atoms with Crippen LogP contribution in [0.1, 0.15) is 20.8 Å². The van der Waals surface area contributed by atoms with E-state index in [9.17, 15) is 9.59 Å². The van der Waals surface area contributed by atoms with Gasteiger partial charge in [-0.2, -0.15) is 0 Å². The molecule has 90 valence electrons. The normalized spacial score (nSPS) is 12.7. The van der Waals surface area contributed by atoms with Crippen molar-refractivity contribution in [1.82, 2.24) is 0 Å². The largest absolute Gasteiger partial charge is 0.480 e. The minimum absolute atomic E-state index is 0.255. The maximum atomic E-state index is 10.2. The van der Waals surface area contributed by atoms with Crippen LogP contribution in [-0.4, -0.2) is 33.9 Å². The molecule has 0 spiro atoms. The first-order valence-electron chi connectivity index (χ1n) is 4.33. The average molecular weight is 221 g/mol. The summed E-state index contributed by atoms with van der Waals surface area (Å²) in [5.41, 5.74) is 13.6. The minimum Gasteiger partial charge on any atom is -0.480 e. The van der Waals surface area contributed by atoms with Crippen molar-refractivity contribution in [1.29, 1.82) is 0 Å². The summed E-state index contributed by atoms with van der Waals surface area (Å²) in [6.07, 6.45) is 0. The second kappa shape index (κ2) is 6.33. The Morgan fingerprint density at radius 3 is 1.40 bits per heavy atom. The molecule has 0 aliphatic rings. The zero-order valence-corrected chi connectivity index (χ0v) is 9.10. The molecule has 15 heavy (non-hydrogen) atoms. The van der Waals surface area contributed by atoms with E-state index in [0.29, 0.717) is 0 Å². The van der Waals surface area contributed by atoms with Crippen LogP contribution in [0.4, 0.5) is 0 Å². The standard InChI is InChI=1S/C5H12N2O2.C3H7NO2/c1-3(2)5(6,7)4(8)9;1-2(4)3(5)6/h3H,6-7H2,1-2H3,(H,8,9);2H,4H2,1H3,(H,5,6). The molecule has 0 aromatic carbocycles. The molecule has 0 heterocycles. The van der Waals surface area contributed by atoms with Crippen molar-refractivity contribution in [2.45, 2.75) is 32.5 Å².